The fourth-order valence-electron chi connectivity index (χ4n) is 0.935. The molecule has 0 bridgehead atoms. The molecule has 0 atom stereocenters. The molecule has 2 heterocycles. The molecular weight excluding hydrogens is 158 g/mol. The van der Waals surface area contributed by atoms with Crippen LogP contribution in [0.25, 0.3) is 4.96 Å². The summed E-state index contributed by atoms with van der Waals surface area (Å²) in [5.41, 5.74) is 3.36. The molecule has 0 aliphatic rings. The number of aromatic nitrogens is 3. The fourth-order valence-corrected chi connectivity index (χ4v) is 1.60. The van der Waals surface area contributed by atoms with E-state index in [1.807, 2.05) is 6.92 Å². The van der Waals surface area contributed by atoms with Crippen LogP contribution in [0.3, 0.4) is 0 Å². The minimum atomic E-state index is 0.685. The first kappa shape index (κ1) is 6.38. The molecule has 11 heavy (non-hydrogen) atoms. The maximum absolute atomic E-state index is 5.22. The molecule has 0 saturated carbocycles. The highest BCUT2D eigenvalue weighted by Crippen LogP contribution is 2.12. The van der Waals surface area contributed by atoms with Crippen molar-refractivity contribution in [2.24, 2.45) is 0 Å². The van der Waals surface area contributed by atoms with Crippen LogP contribution < -0.4 is 0 Å². The standard InChI is InChI=1S/C7H5N3S/c1-3-6-5(2)10-7(9-6)11-4-8-10/h1,4H,2H3. The number of hydrogen-bond acceptors (Lipinski definition) is 3. The third-order valence-electron chi connectivity index (χ3n) is 1.51. The van der Waals surface area contributed by atoms with Crippen LogP contribution in [0.15, 0.2) is 5.51 Å². The van der Waals surface area contributed by atoms with Crippen LogP contribution in [0, 0.1) is 19.3 Å². The van der Waals surface area contributed by atoms with Crippen molar-refractivity contribution >= 4 is 16.3 Å². The Balaban J connectivity index is 2.90. The van der Waals surface area contributed by atoms with E-state index in [2.05, 4.69) is 16.0 Å². The highest BCUT2D eigenvalue weighted by molar-refractivity contribution is 7.14. The van der Waals surface area contributed by atoms with Gasteiger partial charge in [0.15, 0.2) is 0 Å². The summed E-state index contributed by atoms with van der Waals surface area (Å²) in [6.45, 7) is 1.91. The molecule has 2 aromatic rings. The van der Waals surface area contributed by atoms with Gasteiger partial charge in [-0.3, -0.25) is 0 Å². The van der Waals surface area contributed by atoms with Gasteiger partial charge in [-0.1, -0.05) is 11.3 Å². The van der Waals surface area contributed by atoms with E-state index in [-0.39, 0.29) is 0 Å². The fraction of sp³-hybridized carbons (Fsp3) is 0.143. The Morgan fingerprint density at radius 3 is 3.18 bits per heavy atom. The number of nitrogens with zero attached hydrogens (tertiary/aromatic N) is 3. The van der Waals surface area contributed by atoms with Gasteiger partial charge >= 0.3 is 0 Å². The third-order valence-corrected chi connectivity index (χ3v) is 2.18. The van der Waals surface area contributed by atoms with Gasteiger partial charge in [0.2, 0.25) is 4.96 Å². The molecule has 2 rings (SSSR count). The maximum atomic E-state index is 5.22. The zero-order valence-corrected chi connectivity index (χ0v) is 6.72. The Bertz CT molecular complexity index is 432. The van der Waals surface area contributed by atoms with Crippen molar-refractivity contribution in [3.05, 3.63) is 16.9 Å². The SMILES string of the molecule is C#Cc1nc2scnn2c1C. The van der Waals surface area contributed by atoms with Crippen molar-refractivity contribution in [1.29, 1.82) is 0 Å². The summed E-state index contributed by atoms with van der Waals surface area (Å²) in [6, 6.07) is 0. The van der Waals surface area contributed by atoms with Crippen LogP contribution in [-0.2, 0) is 0 Å². The molecule has 0 radical (unpaired) electrons. The Hall–Kier alpha value is -1.34. The van der Waals surface area contributed by atoms with Crippen molar-refractivity contribution in [1.82, 2.24) is 14.6 Å². The number of hydrogen-bond donors (Lipinski definition) is 0. The van der Waals surface area contributed by atoms with Gasteiger partial charge in [0.05, 0.1) is 5.69 Å². The summed E-state index contributed by atoms with van der Waals surface area (Å²) in [6.07, 6.45) is 5.22. The first-order valence-corrected chi connectivity index (χ1v) is 3.96. The van der Waals surface area contributed by atoms with Gasteiger partial charge in [0, 0.05) is 0 Å². The van der Waals surface area contributed by atoms with Crippen molar-refractivity contribution in [2.45, 2.75) is 6.92 Å². The Labute approximate surface area is 67.7 Å². The van der Waals surface area contributed by atoms with Gasteiger partial charge in [0.1, 0.15) is 11.2 Å². The molecule has 2 aromatic heterocycles. The lowest BCUT2D eigenvalue weighted by Gasteiger charge is -1.84. The molecule has 3 nitrogen and oxygen atoms in total. The van der Waals surface area contributed by atoms with Gasteiger partial charge < -0.3 is 0 Å². The second-order valence-corrected chi connectivity index (χ2v) is 2.93. The third kappa shape index (κ3) is 0.748. The molecule has 0 aromatic carbocycles. The summed E-state index contributed by atoms with van der Waals surface area (Å²) >= 11 is 1.48. The van der Waals surface area contributed by atoms with Gasteiger partial charge in [-0.15, -0.1) is 6.42 Å². The Morgan fingerprint density at radius 1 is 1.73 bits per heavy atom. The molecule has 0 unspecified atom stereocenters. The van der Waals surface area contributed by atoms with Crippen molar-refractivity contribution < 1.29 is 0 Å². The van der Waals surface area contributed by atoms with Crippen LogP contribution in [-0.4, -0.2) is 14.6 Å². The van der Waals surface area contributed by atoms with E-state index in [1.165, 1.54) is 11.3 Å². The minimum Gasteiger partial charge on any atom is -0.209 e. The van der Waals surface area contributed by atoms with Crippen molar-refractivity contribution in [3.8, 4) is 12.3 Å². The van der Waals surface area contributed by atoms with E-state index in [9.17, 15) is 0 Å². The van der Waals surface area contributed by atoms with E-state index >= 15 is 0 Å². The zero-order valence-electron chi connectivity index (χ0n) is 5.90. The second kappa shape index (κ2) is 2.07. The van der Waals surface area contributed by atoms with Gasteiger partial charge in [0.25, 0.3) is 0 Å². The van der Waals surface area contributed by atoms with Crippen LogP contribution in [0.5, 0.6) is 0 Å². The van der Waals surface area contributed by atoms with E-state index in [0.29, 0.717) is 5.69 Å². The summed E-state index contributed by atoms with van der Waals surface area (Å²) in [4.78, 5) is 5.03. The zero-order chi connectivity index (χ0) is 7.84. The number of rotatable bonds is 0. The predicted octanol–water partition coefficient (Wildman–Crippen LogP) is 1.08. The van der Waals surface area contributed by atoms with Crippen LogP contribution >= 0.6 is 11.3 Å². The normalized spacial score (nSPS) is 10.2. The van der Waals surface area contributed by atoms with Crippen LogP contribution in [0.2, 0.25) is 0 Å². The second-order valence-electron chi connectivity index (χ2n) is 2.12. The number of fused-ring (bicyclic) bond motifs is 1. The smallest absolute Gasteiger partial charge is 0.209 e. The molecule has 54 valence electrons. The Kier molecular flexibility index (Phi) is 1.20. The van der Waals surface area contributed by atoms with E-state index in [0.717, 1.165) is 10.7 Å². The number of imidazole rings is 1. The Morgan fingerprint density at radius 2 is 2.55 bits per heavy atom. The molecule has 0 amide bonds. The average Bonchev–Trinajstić information content (AvgIpc) is 2.53. The molecule has 0 spiro atoms. The van der Waals surface area contributed by atoms with Gasteiger partial charge in [-0.05, 0) is 12.8 Å². The largest absolute Gasteiger partial charge is 0.213 e. The van der Waals surface area contributed by atoms with Crippen LogP contribution in [0.4, 0.5) is 0 Å². The predicted molar refractivity (Wildman–Crippen MR) is 43.5 cm³/mol. The first-order chi connectivity index (χ1) is 5.33. The summed E-state index contributed by atoms with van der Waals surface area (Å²) < 4.78 is 1.75. The first-order valence-electron chi connectivity index (χ1n) is 3.08. The van der Waals surface area contributed by atoms with Crippen LogP contribution in [0.1, 0.15) is 11.4 Å². The monoisotopic (exact) mass is 163 g/mol. The number of aryl methyl sites for hydroxylation is 1. The topological polar surface area (TPSA) is 30.2 Å². The molecule has 0 fully saturated rings. The summed E-state index contributed by atoms with van der Waals surface area (Å²) in [5, 5.41) is 4.06. The highest BCUT2D eigenvalue weighted by atomic mass is 32.1. The quantitative estimate of drug-likeness (QED) is 0.544. The maximum Gasteiger partial charge on any atom is 0.213 e. The molecule has 0 N–H and O–H groups in total. The van der Waals surface area contributed by atoms with E-state index < -0.39 is 0 Å². The van der Waals surface area contributed by atoms with E-state index in [1.54, 1.807) is 10.0 Å². The van der Waals surface area contributed by atoms with Crippen molar-refractivity contribution in [3.63, 3.8) is 0 Å². The lowest BCUT2D eigenvalue weighted by Crippen LogP contribution is -1.86. The molecule has 0 aliphatic heterocycles. The van der Waals surface area contributed by atoms with E-state index in [4.69, 9.17) is 6.42 Å². The molecule has 4 heteroatoms. The minimum absolute atomic E-state index is 0.685. The molecular formula is C7H5N3S. The molecule has 0 aliphatic carbocycles. The molecule has 0 saturated heterocycles. The lowest BCUT2D eigenvalue weighted by atomic mass is 10.4. The van der Waals surface area contributed by atoms with Gasteiger partial charge in [-0.25, -0.2) is 9.50 Å². The number of terminal acetylenes is 1. The van der Waals surface area contributed by atoms with Gasteiger partial charge in [-0.2, -0.15) is 5.10 Å². The highest BCUT2D eigenvalue weighted by Gasteiger charge is 2.06. The average molecular weight is 163 g/mol. The lowest BCUT2D eigenvalue weighted by molar-refractivity contribution is 0.929. The summed E-state index contributed by atoms with van der Waals surface area (Å²) in [7, 11) is 0. The summed E-state index contributed by atoms with van der Waals surface area (Å²) in [5.74, 6) is 2.51. The van der Waals surface area contributed by atoms with Crippen molar-refractivity contribution in [2.75, 3.05) is 0 Å².